The van der Waals surface area contributed by atoms with Gasteiger partial charge >= 0.3 is 5.97 Å². The molecule has 5 fully saturated rings. The zero-order valence-electron chi connectivity index (χ0n) is 20.6. The van der Waals surface area contributed by atoms with Gasteiger partial charge in [0.25, 0.3) is 0 Å². The molecule has 4 aliphatic heterocycles. The molecule has 0 radical (unpaired) electrons. The highest BCUT2D eigenvalue weighted by Gasteiger charge is 2.69. The van der Waals surface area contributed by atoms with Crippen LogP contribution >= 0.6 is 23.2 Å². The molecule has 0 amide bonds. The number of carbonyl (C=O) groups is 1. The van der Waals surface area contributed by atoms with Crippen molar-refractivity contribution in [1.82, 2.24) is 0 Å². The molecule has 1 saturated carbocycles. The monoisotopic (exact) mass is 527 g/mol. The SMILES string of the molecule is C[C@@H]1CC[C@H]2[C@@H](C)C(OC(=O)c3ccccc3N(CCCl)CCCl)O[C@@H]3O[C@@]4(C)CC[C@@H]1[C@]32OO4. The Morgan fingerprint density at radius 2 is 1.83 bits per heavy atom. The van der Waals surface area contributed by atoms with Gasteiger partial charge in [-0.2, -0.15) is 0 Å². The Morgan fingerprint density at radius 1 is 1.09 bits per heavy atom. The molecule has 1 aromatic rings. The van der Waals surface area contributed by atoms with Gasteiger partial charge in [0.2, 0.25) is 12.1 Å². The number of hydrogen-bond acceptors (Lipinski definition) is 7. The van der Waals surface area contributed by atoms with Crippen molar-refractivity contribution < 1.29 is 28.8 Å². The maximum absolute atomic E-state index is 13.5. The molecule has 5 aliphatic rings. The van der Waals surface area contributed by atoms with Crippen molar-refractivity contribution in [2.24, 2.45) is 23.7 Å². The van der Waals surface area contributed by atoms with Crippen LogP contribution in [0, 0.1) is 23.7 Å². The highest BCUT2D eigenvalue weighted by Crippen LogP contribution is 2.60. The van der Waals surface area contributed by atoms with Gasteiger partial charge in [-0.05, 0) is 50.2 Å². The molecule has 4 heterocycles. The van der Waals surface area contributed by atoms with Crippen LogP contribution < -0.4 is 4.90 Å². The first-order chi connectivity index (χ1) is 16.8. The summed E-state index contributed by atoms with van der Waals surface area (Å²) in [5, 5.41) is 0. The molecule has 4 saturated heterocycles. The molecule has 0 N–H and O–H groups in total. The predicted molar refractivity (Wildman–Crippen MR) is 132 cm³/mol. The first-order valence-electron chi connectivity index (χ1n) is 12.7. The zero-order valence-corrected chi connectivity index (χ0v) is 22.1. The first-order valence-corrected chi connectivity index (χ1v) is 13.8. The number of esters is 1. The van der Waals surface area contributed by atoms with Crippen LogP contribution in [0.3, 0.4) is 0 Å². The van der Waals surface area contributed by atoms with E-state index in [1.165, 1.54) is 0 Å². The van der Waals surface area contributed by atoms with Gasteiger partial charge in [-0.15, -0.1) is 23.2 Å². The molecule has 6 rings (SSSR count). The van der Waals surface area contributed by atoms with E-state index in [-0.39, 0.29) is 17.8 Å². The van der Waals surface area contributed by atoms with Crippen LogP contribution in [0.1, 0.15) is 56.8 Å². The lowest BCUT2D eigenvalue weighted by Crippen LogP contribution is -2.70. The highest BCUT2D eigenvalue weighted by molar-refractivity contribution is 6.18. The van der Waals surface area contributed by atoms with E-state index in [4.69, 9.17) is 47.2 Å². The minimum Gasteiger partial charge on any atom is -0.432 e. The summed E-state index contributed by atoms with van der Waals surface area (Å²) in [5.41, 5.74) is 0.522. The predicted octanol–water partition coefficient (Wildman–Crippen LogP) is 5.34. The molecule has 1 spiro atoms. The molecule has 0 aromatic heterocycles. The summed E-state index contributed by atoms with van der Waals surface area (Å²) in [6, 6.07) is 7.37. The Bertz CT molecular complexity index is 929. The third-order valence-corrected chi connectivity index (χ3v) is 8.83. The third kappa shape index (κ3) is 4.36. The molecule has 35 heavy (non-hydrogen) atoms. The summed E-state index contributed by atoms with van der Waals surface area (Å²) in [6.45, 7) is 7.38. The minimum absolute atomic E-state index is 0.0853. The Kier molecular flexibility index (Phi) is 7.30. The molecule has 1 aromatic carbocycles. The molecule has 1 aliphatic carbocycles. The second kappa shape index (κ2) is 9.99. The van der Waals surface area contributed by atoms with E-state index in [0.717, 1.165) is 31.4 Å². The lowest BCUT2D eigenvalue weighted by molar-refractivity contribution is -0.576. The fraction of sp³-hybridized carbons (Fsp3) is 0.731. The molecule has 8 atom stereocenters. The number of hydrogen-bond donors (Lipinski definition) is 0. The maximum atomic E-state index is 13.5. The van der Waals surface area contributed by atoms with Gasteiger partial charge in [-0.3, -0.25) is 0 Å². The quantitative estimate of drug-likeness (QED) is 0.269. The molecule has 1 unspecified atom stereocenters. The molecule has 7 nitrogen and oxygen atoms in total. The van der Waals surface area contributed by atoms with Gasteiger partial charge in [0.15, 0.2) is 11.9 Å². The van der Waals surface area contributed by atoms with E-state index in [1.54, 1.807) is 6.07 Å². The van der Waals surface area contributed by atoms with E-state index in [9.17, 15) is 4.79 Å². The first kappa shape index (κ1) is 25.6. The van der Waals surface area contributed by atoms with Crippen molar-refractivity contribution in [3.05, 3.63) is 29.8 Å². The second-order valence-corrected chi connectivity index (χ2v) is 11.3. The Morgan fingerprint density at radius 3 is 2.57 bits per heavy atom. The Balaban J connectivity index is 1.41. The number of ether oxygens (including phenoxy) is 3. The number of anilines is 1. The van der Waals surface area contributed by atoms with Gasteiger partial charge in [0.05, 0.1) is 11.3 Å². The number of benzene rings is 1. The van der Waals surface area contributed by atoms with Crippen LogP contribution in [-0.2, 0) is 24.0 Å². The number of fused-ring (bicyclic) bond motifs is 2. The summed E-state index contributed by atoms with van der Waals surface area (Å²) >= 11 is 12.0. The summed E-state index contributed by atoms with van der Waals surface area (Å²) in [7, 11) is 0. The topological polar surface area (TPSA) is 66.5 Å². The van der Waals surface area contributed by atoms with Crippen molar-refractivity contribution in [3.8, 4) is 0 Å². The van der Waals surface area contributed by atoms with Gasteiger partial charge in [-0.25, -0.2) is 14.6 Å². The van der Waals surface area contributed by atoms with Crippen LogP contribution in [0.25, 0.3) is 0 Å². The van der Waals surface area contributed by atoms with E-state index in [1.807, 2.05) is 30.0 Å². The van der Waals surface area contributed by atoms with Gasteiger partial charge in [0, 0.05) is 43.1 Å². The summed E-state index contributed by atoms with van der Waals surface area (Å²) in [6.07, 6.45) is 2.30. The number of rotatable bonds is 7. The van der Waals surface area contributed by atoms with Gasteiger partial charge < -0.3 is 19.1 Å². The van der Waals surface area contributed by atoms with Crippen LogP contribution in [-0.4, -0.2) is 54.8 Å². The van der Waals surface area contributed by atoms with Crippen LogP contribution in [0.15, 0.2) is 24.3 Å². The lowest BCUT2D eigenvalue weighted by Gasteiger charge is -2.59. The van der Waals surface area contributed by atoms with Crippen molar-refractivity contribution >= 4 is 34.9 Å². The Labute approximate surface area is 217 Å². The smallest absolute Gasteiger partial charge is 0.342 e. The average molecular weight is 528 g/mol. The molecular formula is C26H35Cl2NO6. The van der Waals surface area contributed by atoms with Gasteiger partial charge in [-0.1, -0.05) is 26.0 Å². The number of halogens is 2. The normalized spacial score (nSPS) is 40.0. The molecular weight excluding hydrogens is 493 g/mol. The minimum atomic E-state index is -0.872. The highest BCUT2D eigenvalue weighted by atomic mass is 35.5. The summed E-state index contributed by atoms with van der Waals surface area (Å²) in [4.78, 5) is 27.5. The van der Waals surface area contributed by atoms with E-state index >= 15 is 0 Å². The van der Waals surface area contributed by atoms with E-state index < -0.39 is 29.9 Å². The fourth-order valence-corrected chi connectivity index (χ4v) is 7.06. The standard InChI is InChI=1S/C26H35Cl2NO6/c1-16-8-9-20-17(2)23(32-24-26(20)19(16)10-11-25(3,33-24)34-35-26)31-22(30)18-6-4-5-7-21(18)29(14-12-27)15-13-28/h4-7,16-17,19-20,23-24H,8-15H2,1-3H3/t16-,17-,19+,20+,23?,24-,25-,26-/m1/s1. The van der Waals surface area contributed by atoms with Crippen molar-refractivity contribution in [3.63, 3.8) is 0 Å². The van der Waals surface area contributed by atoms with Crippen LogP contribution in [0.5, 0.6) is 0 Å². The van der Waals surface area contributed by atoms with Gasteiger partial charge in [0.1, 0.15) is 0 Å². The van der Waals surface area contributed by atoms with Crippen LogP contribution in [0.2, 0.25) is 0 Å². The third-order valence-electron chi connectivity index (χ3n) is 8.49. The lowest BCUT2D eigenvalue weighted by atomic mass is 9.58. The zero-order chi connectivity index (χ0) is 24.8. The fourth-order valence-electron chi connectivity index (χ4n) is 6.65. The molecule has 2 bridgehead atoms. The van der Waals surface area contributed by atoms with Crippen molar-refractivity contribution in [1.29, 1.82) is 0 Å². The molecule has 9 heteroatoms. The van der Waals surface area contributed by atoms with Crippen LogP contribution in [0.4, 0.5) is 5.69 Å². The summed E-state index contributed by atoms with van der Waals surface area (Å²) in [5.74, 6) is 0.260. The molecule has 194 valence electrons. The average Bonchev–Trinajstić information content (AvgIpc) is 3.08. The van der Waals surface area contributed by atoms with Crippen molar-refractivity contribution in [2.45, 2.75) is 70.4 Å². The summed E-state index contributed by atoms with van der Waals surface area (Å²) < 4.78 is 18.8. The largest absolute Gasteiger partial charge is 0.432 e. The van der Waals surface area contributed by atoms with E-state index in [2.05, 4.69) is 13.8 Å². The second-order valence-electron chi connectivity index (χ2n) is 10.6. The number of para-hydroxylation sites is 1. The van der Waals surface area contributed by atoms with Crippen molar-refractivity contribution in [2.75, 3.05) is 29.7 Å². The number of alkyl halides is 2. The van der Waals surface area contributed by atoms with E-state index in [0.29, 0.717) is 36.3 Å². The number of nitrogens with zero attached hydrogens (tertiary/aromatic N) is 1. The maximum Gasteiger partial charge on any atom is 0.342 e. The number of carbonyl (C=O) groups excluding carboxylic acids is 1. The Hall–Kier alpha value is -1.09.